The van der Waals surface area contributed by atoms with Gasteiger partial charge >= 0.3 is 0 Å². The fourth-order valence-corrected chi connectivity index (χ4v) is 3.90. The van der Waals surface area contributed by atoms with E-state index in [4.69, 9.17) is 4.74 Å². The first-order valence-electron chi connectivity index (χ1n) is 8.01. The van der Waals surface area contributed by atoms with Gasteiger partial charge in [0.25, 0.3) is 5.91 Å². The lowest BCUT2D eigenvalue weighted by Gasteiger charge is -2.31. The highest BCUT2D eigenvalue weighted by Gasteiger charge is 2.27. The van der Waals surface area contributed by atoms with Crippen LogP contribution in [0, 0.1) is 0 Å². The summed E-state index contributed by atoms with van der Waals surface area (Å²) in [5, 5.41) is 2.78. The first kappa shape index (κ1) is 18.9. The van der Waals surface area contributed by atoms with Crippen molar-refractivity contribution in [2.75, 3.05) is 53.5 Å². The molecule has 0 spiro atoms. The zero-order chi connectivity index (χ0) is 17.6. The summed E-state index contributed by atoms with van der Waals surface area (Å²) < 4.78 is 31.6. The van der Waals surface area contributed by atoms with Crippen LogP contribution in [0.15, 0.2) is 29.2 Å². The predicted octanol–water partition coefficient (Wildman–Crippen LogP) is 0.389. The number of carbonyl (C=O) groups is 1. The molecule has 1 aliphatic rings. The van der Waals surface area contributed by atoms with Gasteiger partial charge in [0.05, 0.1) is 4.90 Å². The number of ether oxygens (including phenoxy) is 1. The Labute approximate surface area is 143 Å². The highest BCUT2D eigenvalue weighted by atomic mass is 32.2. The summed E-state index contributed by atoms with van der Waals surface area (Å²) in [6, 6.07) is 6.10. The second kappa shape index (κ2) is 8.57. The molecule has 0 aromatic heterocycles. The van der Waals surface area contributed by atoms with E-state index < -0.39 is 10.0 Å². The van der Waals surface area contributed by atoms with Crippen LogP contribution >= 0.6 is 0 Å². The molecule has 0 aliphatic carbocycles. The first-order valence-corrected chi connectivity index (χ1v) is 9.45. The number of benzene rings is 1. The molecule has 1 aromatic carbocycles. The van der Waals surface area contributed by atoms with Gasteiger partial charge in [-0.1, -0.05) is 0 Å². The number of amides is 1. The highest BCUT2D eigenvalue weighted by molar-refractivity contribution is 7.89. The standard InChI is InChI=1S/C16H25N3O4S/c1-18-9-11-19(12-10-18)24(21,22)15-6-4-14(5-7-15)16(20)17-8-3-13-23-2/h4-7H,3,8-13H2,1-2H3,(H,17,20). The zero-order valence-corrected chi connectivity index (χ0v) is 15.0. The van der Waals surface area contributed by atoms with Gasteiger partial charge in [0.15, 0.2) is 0 Å². The van der Waals surface area contributed by atoms with Crippen LogP contribution in [0.1, 0.15) is 16.8 Å². The van der Waals surface area contributed by atoms with Crippen molar-refractivity contribution in [2.45, 2.75) is 11.3 Å². The van der Waals surface area contributed by atoms with Crippen molar-refractivity contribution in [1.29, 1.82) is 0 Å². The number of nitrogens with one attached hydrogen (secondary N) is 1. The van der Waals surface area contributed by atoms with Crippen molar-refractivity contribution in [3.05, 3.63) is 29.8 Å². The minimum absolute atomic E-state index is 0.213. The number of hydrogen-bond acceptors (Lipinski definition) is 5. The lowest BCUT2D eigenvalue weighted by atomic mass is 10.2. The summed E-state index contributed by atoms with van der Waals surface area (Å²) in [7, 11) is 0.0949. The Balaban J connectivity index is 1.99. The molecule has 0 unspecified atom stereocenters. The number of sulfonamides is 1. The maximum atomic E-state index is 12.6. The van der Waals surface area contributed by atoms with Crippen molar-refractivity contribution in [3.63, 3.8) is 0 Å². The molecule has 1 aliphatic heterocycles. The summed E-state index contributed by atoms with van der Waals surface area (Å²) in [6.45, 7) is 3.53. The van der Waals surface area contributed by atoms with E-state index >= 15 is 0 Å². The van der Waals surface area contributed by atoms with Gasteiger partial charge in [-0.3, -0.25) is 4.79 Å². The van der Waals surface area contributed by atoms with E-state index in [9.17, 15) is 13.2 Å². The number of hydrogen-bond donors (Lipinski definition) is 1. The molecule has 1 N–H and O–H groups in total. The van der Waals surface area contributed by atoms with Crippen molar-refractivity contribution in [3.8, 4) is 0 Å². The van der Waals surface area contributed by atoms with E-state index in [-0.39, 0.29) is 10.8 Å². The van der Waals surface area contributed by atoms with E-state index in [1.807, 2.05) is 7.05 Å². The quantitative estimate of drug-likeness (QED) is 0.716. The molecular weight excluding hydrogens is 330 g/mol. The molecule has 7 nitrogen and oxygen atoms in total. The van der Waals surface area contributed by atoms with Gasteiger partial charge in [-0.2, -0.15) is 4.31 Å². The molecule has 0 bridgehead atoms. The number of piperazine rings is 1. The molecule has 0 saturated carbocycles. The number of carbonyl (C=O) groups excluding carboxylic acids is 1. The lowest BCUT2D eigenvalue weighted by molar-refractivity contribution is 0.0948. The average Bonchev–Trinajstić information content (AvgIpc) is 2.59. The fraction of sp³-hybridized carbons (Fsp3) is 0.562. The molecular formula is C16H25N3O4S. The van der Waals surface area contributed by atoms with E-state index in [0.717, 1.165) is 19.5 Å². The summed E-state index contributed by atoms with van der Waals surface area (Å²) >= 11 is 0. The summed E-state index contributed by atoms with van der Waals surface area (Å²) in [5.41, 5.74) is 0.449. The van der Waals surface area contributed by atoms with Crippen LogP contribution in [0.2, 0.25) is 0 Å². The van der Waals surface area contributed by atoms with Crippen LogP contribution in [0.5, 0.6) is 0 Å². The molecule has 2 rings (SSSR count). The van der Waals surface area contributed by atoms with Crippen molar-refractivity contribution < 1.29 is 17.9 Å². The van der Waals surface area contributed by atoms with Crippen LogP contribution in [-0.4, -0.2) is 77.0 Å². The third-order valence-corrected chi connectivity index (χ3v) is 5.94. The van der Waals surface area contributed by atoms with Gasteiger partial charge < -0.3 is 15.0 Å². The van der Waals surface area contributed by atoms with Crippen LogP contribution in [0.4, 0.5) is 0 Å². The monoisotopic (exact) mass is 355 g/mol. The Morgan fingerprint density at radius 1 is 1.17 bits per heavy atom. The van der Waals surface area contributed by atoms with Crippen LogP contribution in [-0.2, 0) is 14.8 Å². The number of likely N-dealkylation sites (N-methyl/N-ethyl adjacent to an activating group) is 1. The Morgan fingerprint density at radius 2 is 1.79 bits per heavy atom. The number of methoxy groups -OCH3 is 1. The minimum Gasteiger partial charge on any atom is -0.385 e. The molecule has 0 radical (unpaired) electrons. The third kappa shape index (κ3) is 4.76. The topological polar surface area (TPSA) is 78.9 Å². The summed E-state index contributed by atoms with van der Waals surface area (Å²) in [4.78, 5) is 14.3. The zero-order valence-electron chi connectivity index (χ0n) is 14.2. The molecule has 1 amide bonds. The Bertz CT molecular complexity index is 638. The number of nitrogens with zero attached hydrogens (tertiary/aromatic N) is 2. The van der Waals surface area contributed by atoms with Gasteiger partial charge in [0.1, 0.15) is 0 Å². The SMILES string of the molecule is COCCCNC(=O)c1ccc(S(=O)(=O)N2CCN(C)CC2)cc1. The molecule has 1 fully saturated rings. The summed E-state index contributed by atoms with van der Waals surface area (Å²) in [6.07, 6.45) is 0.734. The maximum Gasteiger partial charge on any atom is 0.251 e. The minimum atomic E-state index is -3.49. The van der Waals surface area contributed by atoms with Crippen molar-refractivity contribution in [1.82, 2.24) is 14.5 Å². The third-order valence-electron chi connectivity index (χ3n) is 4.03. The van der Waals surface area contributed by atoms with Gasteiger partial charge in [0, 0.05) is 52.0 Å². The smallest absolute Gasteiger partial charge is 0.251 e. The molecule has 134 valence electrons. The van der Waals surface area contributed by atoms with E-state index in [2.05, 4.69) is 10.2 Å². The number of rotatable bonds is 7. The Morgan fingerprint density at radius 3 is 2.38 bits per heavy atom. The van der Waals surface area contributed by atoms with E-state index in [0.29, 0.717) is 31.8 Å². The molecule has 24 heavy (non-hydrogen) atoms. The predicted molar refractivity (Wildman–Crippen MR) is 91.5 cm³/mol. The van der Waals surface area contributed by atoms with Crippen molar-refractivity contribution in [2.24, 2.45) is 0 Å². The van der Waals surface area contributed by atoms with Crippen LogP contribution in [0.3, 0.4) is 0 Å². The average molecular weight is 355 g/mol. The van der Waals surface area contributed by atoms with Gasteiger partial charge in [-0.25, -0.2) is 8.42 Å². The second-order valence-electron chi connectivity index (χ2n) is 5.83. The molecule has 1 heterocycles. The van der Waals surface area contributed by atoms with Gasteiger partial charge in [-0.05, 0) is 37.7 Å². The summed E-state index contributed by atoms with van der Waals surface area (Å²) in [5.74, 6) is -0.213. The van der Waals surface area contributed by atoms with Crippen LogP contribution < -0.4 is 5.32 Å². The van der Waals surface area contributed by atoms with E-state index in [1.165, 1.54) is 16.4 Å². The maximum absolute atomic E-state index is 12.6. The molecule has 1 aromatic rings. The first-order chi connectivity index (χ1) is 11.4. The lowest BCUT2D eigenvalue weighted by Crippen LogP contribution is -2.47. The fourth-order valence-electron chi connectivity index (χ4n) is 2.48. The van der Waals surface area contributed by atoms with Gasteiger partial charge in [-0.15, -0.1) is 0 Å². The largest absolute Gasteiger partial charge is 0.385 e. The van der Waals surface area contributed by atoms with Crippen LogP contribution in [0.25, 0.3) is 0 Å². The normalized spacial score (nSPS) is 16.9. The molecule has 0 atom stereocenters. The molecule has 1 saturated heterocycles. The van der Waals surface area contributed by atoms with E-state index in [1.54, 1.807) is 19.2 Å². The Kier molecular flexibility index (Phi) is 6.73. The highest BCUT2D eigenvalue weighted by Crippen LogP contribution is 2.18. The Hall–Kier alpha value is -1.48. The molecule has 8 heteroatoms. The second-order valence-corrected chi connectivity index (χ2v) is 7.77. The van der Waals surface area contributed by atoms with Gasteiger partial charge in [0.2, 0.25) is 10.0 Å². The van der Waals surface area contributed by atoms with Crippen molar-refractivity contribution >= 4 is 15.9 Å².